The van der Waals surface area contributed by atoms with Crippen molar-refractivity contribution in [3.8, 4) is 0 Å². The smallest absolute Gasteiger partial charge is 0.338 e. The fraction of sp³-hybridized carbons (Fsp3) is 0.778. The Kier molecular flexibility index (Phi) is 3.76. The largest absolute Gasteiger partial charge is 0.456 e. The van der Waals surface area contributed by atoms with Gasteiger partial charge in [-0.1, -0.05) is 0 Å². The maximum atomic E-state index is 11.4. The first-order chi connectivity index (χ1) is 8.78. The molecule has 2 aliphatic rings. The summed E-state index contributed by atoms with van der Waals surface area (Å²) in [5, 5.41) is 0. The topological polar surface area (TPSA) is 117 Å². The van der Waals surface area contributed by atoms with Crippen LogP contribution in [0.3, 0.4) is 0 Å². The van der Waals surface area contributed by atoms with Crippen molar-refractivity contribution < 1.29 is 36.4 Å². The van der Waals surface area contributed by atoms with Crippen molar-refractivity contribution in [2.45, 2.75) is 38.4 Å². The van der Waals surface area contributed by atoms with Crippen molar-refractivity contribution in [2.75, 3.05) is 6.61 Å². The second-order valence-corrected chi connectivity index (χ2v) is 5.48. The molecule has 0 aromatic carbocycles. The lowest BCUT2D eigenvalue weighted by molar-refractivity contribution is -0.164. The van der Waals surface area contributed by atoms with Crippen LogP contribution in [-0.4, -0.2) is 51.5 Å². The van der Waals surface area contributed by atoms with Crippen molar-refractivity contribution >= 4 is 22.2 Å². The zero-order valence-electron chi connectivity index (χ0n) is 10.2. The second-order valence-electron chi connectivity index (χ2n) is 4.10. The van der Waals surface area contributed by atoms with Gasteiger partial charge >= 0.3 is 22.2 Å². The molecule has 19 heavy (non-hydrogen) atoms. The summed E-state index contributed by atoms with van der Waals surface area (Å²) in [5.74, 6) is -1.24. The molecule has 0 radical (unpaired) electrons. The SMILES string of the molecule is CC(=O)O[C@@H]1[C@H]2COS(=O)(=O)NC(O2)[C@@H]1OC(C)=O. The number of nitrogens with one attached hydrogen (secondary N) is 1. The van der Waals surface area contributed by atoms with Crippen LogP contribution in [0, 0.1) is 0 Å². The lowest BCUT2D eigenvalue weighted by Crippen LogP contribution is -2.49. The van der Waals surface area contributed by atoms with Crippen LogP contribution in [0.15, 0.2) is 0 Å². The van der Waals surface area contributed by atoms with Crippen LogP contribution in [0.4, 0.5) is 0 Å². The fourth-order valence-corrected chi connectivity index (χ4v) is 2.80. The van der Waals surface area contributed by atoms with E-state index in [1.807, 2.05) is 0 Å². The molecule has 1 N–H and O–H groups in total. The average molecular weight is 295 g/mol. The van der Waals surface area contributed by atoms with Gasteiger partial charge in [-0.05, 0) is 0 Å². The number of hydrogen-bond acceptors (Lipinski definition) is 8. The van der Waals surface area contributed by atoms with Gasteiger partial charge in [-0.2, -0.15) is 13.1 Å². The first kappa shape index (κ1) is 14.2. The Morgan fingerprint density at radius 3 is 2.32 bits per heavy atom. The van der Waals surface area contributed by atoms with E-state index in [9.17, 15) is 18.0 Å². The molecule has 9 nitrogen and oxygen atoms in total. The quantitative estimate of drug-likeness (QED) is 0.608. The molecule has 0 aliphatic carbocycles. The highest BCUT2D eigenvalue weighted by atomic mass is 32.2. The summed E-state index contributed by atoms with van der Waals surface area (Å²) in [4.78, 5) is 22.1. The zero-order valence-corrected chi connectivity index (χ0v) is 11.0. The molecule has 2 aliphatic heterocycles. The van der Waals surface area contributed by atoms with Crippen molar-refractivity contribution in [1.29, 1.82) is 0 Å². The molecule has 0 saturated carbocycles. The van der Waals surface area contributed by atoms with E-state index in [2.05, 4.69) is 8.91 Å². The minimum atomic E-state index is -3.98. The zero-order chi connectivity index (χ0) is 14.2. The van der Waals surface area contributed by atoms with Gasteiger partial charge in [-0.25, -0.2) is 0 Å². The maximum absolute atomic E-state index is 11.4. The number of carbonyl (C=O) groups excluding carboxylic acids is 2. The van der Waals surface area contributed by atoms with Crippen LogP contribution in [0.25, 0.3) is 0 Å². The van der Waals surface area contributed by atoms with E-state index in [4.69, 9.17) is 14.2 Å². The Morgan fingerprint density at radius 1 is 1.16 bits per heavy atom. The highest BCUT2D eigenvalue weighted by Crippen LogP contribution is 2.29. The molecule has 2 bridgehead atoms. The monoisotopic (exact) mass is 295 g/mol. The Balaban J connectivity index is 2.24. The lowest BCUT2D eigenvalue weighted by Gasteiger charge is -2.25. The van der Waals surface area contributed by atoms with Crippen molar-refractivity contribution in [3.05, 3.63) is 0 Å². The molecule has 2 fully saturated rings. The van der Waals surface area contributed by atoms with Crippen LogP contribution in [0.5, 0.6) is 0 Å². The van der Waals surface area contributed by atoms with Crippen LogP contribution in [-0.2, 0) is 38.3 Å². The summed E-state index contributed by atoms with van der Waals surface area (Å²) < 4.78 is 44.7. The third kappa shape index (κ3) is 3.21. The van der Waals surface area contributed by atoms with Gasteiger partial charge in [0.1, 0.15) is 6.10 Å². The number of ether oxygens (including phenoxy) is 3. The standard InChI is InChI=1S/C9H13NO8S/c1-4(11)16-7-6-3-15-19(13,14)10-9(18-6)8(7)17-5(2)12/h6-10H,3H2,1-2H3/t6-,7-,8-,9?/m1/s1. The Hall–Kier alpha value is -1.23. The summed E-state index contributed by atoms with van der Waals surface area (Å²) in [5.41, 5.74) is 0. The Bertz CT molecular complexity index is 488. The van der Waals surface area contributed by atoms with Crippen LogP contribution in [0.2, 0.25) is 0 Å². The van der Waals surface area contributed by atoms with E-state index in [1.165, 1.54) is 6.92 Å². The summed E-state index contributed by atoms with van der Waals surface area (Å²) in [6.07, 6.45) is -3.95. The van der Waals surface area contributed by atoms with Gasteiger partial charge in [0.25, 0.3) is 0 Å². The van der Waals surface area contributed by atoms with Gasteiger partial charge in [-0.15, -0.1) is 0 Å². The number of esters is 2. The summed E-state index contributed by atoms with van der Waals surface area (Å²) in [7, 11) is -3.98. The molecular weight excluding hydrogens is 282 g/mol. The van der Waals surface area contributed by atoms with E-state index in [0.29, 0.717) is 0 Å². The Labute approximate surface area is 109 Å². The Morgan fingerprint density at radius 2 is 1.74 bits per heavy atom. The molecule has 1 unspecified atom stereocenters. The average Bonchev–Trinajstić information content (AvgIpc) is 2.44. The number of hydrogen-bond donors (Lipinski definition) is 1. The molecule has 2 rings (SSSR count). The minimum absolute atomic E-state index is 0.332. The van der Waals surface area contributed by atoms with Gasteiger partial charge in [0.15, 0.2) is 18.4 Å². The van der Waals surface area contributed by atoms with E-state index >= 15 is 0 Å². The van der Waals surface area contributed by atoms with Gasteiger partial charge < -0.3 is 14.2 Å². The molecule has 4 atom stereocenters. The third-order valence-electron chi connectivity index (χ3n) is 2.56. The number of carbonyl (C=O) groups is 2. The molecule has 10 heteroatoms. The summed E-state index contributed by atoms with van der Waals surface area (Å²) in [6, 6.07) is 0. The molecule has 108 valence electrons. The number of fused-ring (bicyclic) bond motifs is 2. The molecule has 0 amide bonds. The molecule has 0 spiro atoms. The first-order valence-corrected chi connectivity index (χ1v) is 6.86. The number of rotatable bonds is 2. The van der Waals surface area contributed by atoms with Gasteiger partial charge in [0, 0.05) is 13.8 Å². The van der Waals surface area contributed by atoms with Crippen molar-refractivity contribution in [2.24, 2.45) is 0 Å². The van der Waals surface area contributed by atoms with E-state index in [-0.39, 0.29) is 6.61 Å². The third-order valence-corrected chi connectivity index (χ3v) is 3.53. The first-order valence-electron chi connectivity index (χ1n) is 5.45. The van der Waals surface area contributed by atoms with Crippen LogP contribution < -0.4 is 4.72 Å². The maximum Gasteiger partial charge on any atom is 0.338 e. The predicted molar refractivity (Wildman–Crippen MR) is 57.8 cm³/mol. The van der Waals surface area contributed by atoms with Gasteiger partial charge in [-0.3, -0.25) is 13.8 Å². The molecular formula is C9H13NO8S. The predicted octanol–water partition coefficient (Wildman–Crippen LogP) is -1.56. The van der Waals surface area contributed by atoms with E-state index in [1.54, 1.807) is 0 Å². The molecule has 0 aromatic heterocycles. The second kappa shape index (κ2) is 5.04. The van der Waals surface area contributed by atoms with E-state index in [0.717, 1.165) is 6.92 Å². The van der Waals surface area contributed by atoms with Crippen LogP contribution >= 0.6 is 0 Å². The highest BCUT2D eigenvalue weighted by molar-refractivity contribution is 7.84. The molecule has 2 saturated heterocycles. The highest BCUT2D eigenvalue weighted by Gasteiger charge is 2.52. The normalized spacial score (nSPS) is 36.3. The fourth-order valence-electron chi connectivity index (χ4n) is 1.94. The van der Waals surface area contributed by atoms with Crippen molar-refractivity contribution in [1.82, 2.24) is 4.72 Å². The molecule has 0 aromatic rings. The van der Waals surface area contributed by atoms with Gasteiger partial charge in [0.05, 0.1) is 6.61 Å². The minimum Gasteiger partial charge on any atom is -0.456 e. The lowest BCUT2D eigenvalue weighted by atomic mass is 10.1. The van der Waals surface area contributed by atoms with Crippen molar-refractivity contribution in [3.63, 3.8) is 0 Å². The van der Waals surface area contributed by atoms with E-state index < -0.39 is 46.8 Å². The van der Waals surface area contributed by atoms with Gasteiger partial charge in [0.2, 0.25) is 0 Å². The summed E-state index contributed by atoms with van der Waals surface area (Å²) >= 11 is 0. The summed E-state index contributed by atoms with van der Waals surface area (Å²) in [6.45, 7) is 2.01. The molecule has 2 heterocycles. The van der Waals surface area contributed by atoms with Crippen LogP contribution in [0.1, 0.15) is 13.8 Å².